The largest absolute Gasteiger partial charge is 0.491 e. The van der Waals surface area contributed by atoms with Crippen LogP contribution in [0.2, 0.25) is 0 Å². The molecule has 0 spiro atoms. The molecule has 4 rings (SSSR count). The van der Waals surface area contributed by atoms with E-state index in [1.807, 2.05) is 55.7 Å². The van der Waals surface area contributed by atoms with Gasteiger partial charge < -0.3 is 9.64 Å². The molecule has 0 saturated carbocycles. The highest BCUT2D eigenvalue weighted by Gasteiger charge is 2.24. The van der Waals surface area contributed by atoms with Crippen LogP contribution < -0.4 is 4.74 Å². The van der Waals surface area contributed by atoms with E-state index in [9.17, 15) is 4.79 Å². The van der Waals surface area contributed by atoms with Gasteiger partial charge in [0.25, 0.3) is 5.91 Å². The molecule has 126 valence electrons. The molecule has 6 nitrogen and oxygen atoms in total. The summed E-state index contributed by atoms with van der Waals surface area (Å²) in [6, 6.07) is 13.3. The number of aryl methyl sites for hydroxylation is 1. The summed E-state index contributed by atoms with van der Waals surface area (Å²) >= 11 is 0. The third-order valence-corrected chi connectivity index (χ3v) is 4.20. The van der Waals surface area contributed by atoms with Gasteiger partial charge in [-0.25, -0.2) is 0 Å². The zero-order valence-electron chi connectivity index (χ0n) is 13.9. The van der Waals surface area contributed by atoms with Crippen LogP contribution in [0.25, 0.3) is 11.3 Å². The molecule has 3 heterocycles. The van der Waals surface area contributed by atoms with E-state index in [-0.39, 0.29) is 5.91 Å². The van der Waals surface area contributed by atoms with Crippen molar-refractivity contribution in [3.05, 3.63) is 66.1 Å². The third kappa shape index (κ3) is 3.10. The summed E-state index contributed by atoms with van der Waals surface area (Å²) in [5.74, 6) is 0.573. The van der Waals surface area contributed by atoms with Crippen molar-refractivity contribution in [2.75, 3.05) is 13.2 Å². The van der Waals surface area contributed by atoms with Crippen LogP contribution in [-0.2, 0) is 13.6 Å². The van der Waals surface area contributed by atoms with Gasteiger partial charge in [-0.1, -0.05) is 6.07 Å². The average molecular weight is 334 g/mol. The highest BCUT2D eigenvalue weighted by atomic mass is 16.5. The molecule has 0 aliphatic carbocycles. The van der Waals surface area contributed by atoms with Crippen LogP contribution in [-0.4, -0.2) is 38.7 Å². The van der Waals surface area contributed by atoms with Crippen LogP contribution in [0.3, 0.4) is 0 Å². The molecule has 1 aromatic carbocycles. The van der Waals surface area contributed by atoms with Gasteiger partial charge in [0.05, 0.1) is 30.0 Å². The Bertz CT molecular complexity index is 905. The van der Waals surface area contributed by atoms with E-state index in [4.69, 9.17) is 4.74 Å². The summed E-state index contributed by atoms with van der Waals surface area (Å²) in [6.07, 6.45) is 3.62. The minimum atomic E-state index is -0.0454. The molecule has 0 saturated heterocycles. The molecule has 0 fully saturated rings. The predicted octanol–water partition coefficient (Wildman–Crippen LogP) is 2.52. The lowest BCUT2D eigenvalue weighted by molar-refractivity contribution is 0.0741. The highest BCUT2D eigenvalue weighted by Crippen LogP contribution is 2.29. The molecule has 6 heteroatoms. The number of rotatable bonds is 3. The van der Waals surface area contributed by atoms with Crippen molar-refractivity contribution in [2.24, 2.45) is 7.05 Å². The number of benzene rings is 1. The van der Waals surface area contributed by atoms with Crippen LogP contribution in [0.1, 0.15) is 16.1 Å². The van der Waals surface area contributed by atoms with Gasteiger partial charge in [0, 0.05) is 25.0 Å². The highest BCUT2D eigenvalue weighted by molar-refractivity contribution is 5.98. The first-order valence-corrected chi connectivity index (χ1v) is 8.17. The Morgan fingerprint density at radius 2 is 2.12 bits per heavy atom. The van der Waals surface area contributed by atoms with Gasteiger partial charge in [-0.2, -0.15) is 5.10 Å². The van der Waals surface area contributed by atoms with Crippen molar-refractivity contribution >= 4 is 5.91 Å². The van der Waals surface area contributed by atoms with E-state index < -0.39 is 0 Å². The number of hydrogen-bond acceptors (Lipinski definition) is 4. The second-order valence-electron chi connectivity index (χ2n) is 5.98. The Kier molecular flexibility index (Phi) is 3.93. The monoisotopic (exact) mass is 334 g/mol. The van der Waals surface area contributed by atoms with E-state index in [1.54, 1.807) is 15.8 Å². The molecule has 1 amide bonds. The molecular weight excluding hydrogens is 316 g/mol. The number of amides is 1. The smallest absolute Gasteiger partial charge is 0.258 e. The molecule has 3 aromatic rings. The fourth-order valence-corrected chi connectivity index (χ4v) is 2.93. The Morgan fingerprint density at radius 3 is 2.88 bits per heavy atom. The zero-order valence-corrected chi connectivity index (χ0v) is 13.9. The fourth-order valence-electron chi connectivity index (χ4n) is 2.93. The predicted molar refractivity (Wildman–Crippen MR) is 93.1 cm³/mol. The second kappa shape index (κ2) is 6.39. The number of fused-ring (bicyclic) bond motifs is 1. The summed E-state index contributed by atoms with van der Waals surface area (Å²) in [5.41, 5.74) is 3.16. The van der Waals surface area contributed by atoms with Crippen molar-refractivity contribution < 1.29 is 9.53 Å². The minimum absolute atomic E-state index is 0.0454. The van der Waals surface area contributed by atoms with Gasteiger partial charge >= 0.3 is 0 Å². The van der Waals surface area contributed by atoms with Gasteiger partial charge in [-0.15, -0.1) is 0 Å². The number of nitrogens with zero attached hydrogens (tertiary/aromatic N) is 4. The number of pyridine rings is 1. The Balaban J connectivity index is 1.66. The lowest BCUT2D eigenvalue weighted by Gasteiger charge is -2.19. The van der Waals surface area contributed by atoms with Crippen LogP contribution in [0.15, 0.2) is 54.9 Å². The summed E-state index contributed by atoms with van der Waals surface area (Å²) < 4.78 is 7.52. The maximum absolute atomic E-state index is 13.0. The number of ether oxygens (including phenoxy) is 1. The zero-order chi connectivity index (χ0) is 17.2. The molecule has 0 radical (unpaired) electrons. The van der Waals surface area contributed by atoms with E-state index in [0.717, 1.165) is 17.0 Å². The quantitative estimate of drug-likeness (QED) is 0.738. The van der Waals surface area contributed by atoms with Gasteiger partial charge in [0.2, 0.25) is 0 Å². The molecule has 1 aliphatic heterocycles. The van der Waals surface area contributed by atoms with Gasteiger partial charge in [-0.3, -0.25) is 14.5 Å². The van der Waals surface area contributed by atoms with Crippen molar-refractivity contribution in [3.8, 4) is 17.0 Å². The SMILES string of the molecule is Cn1ccc(-c2ccc3c(c2)C(=O)N(Cc2ccccn2)CCO3)n1. The molecule has 2 aromatic heterocycles. The molecule has 25 heavy (non-hydrogen) atoms. The number of carbonyl (C=O) groups is 1. The Labute approximate surface area is 145 Å². The molecular formula is C19H18N4O2. The number of carbonyl (C=O) groups excluding carboxylic acids is 1. The van der Waals surface area contributed by atoms with Crippen molar-refractivity contribution in [1.29, 1.82) is 0 Å². The van der Waals surface area contributed by atoms with E-state index in [1.165, 1.54) is 0 Å². The summed E-state index contributed by atoms with van der Waals surface area (Å²) in [7, 11) is 1.87. The topological polar surface area (TPSA) is 60.2 Å². The van der Waals surface area contributed by atoms with E-state index in [2.05, 4.69) is 10.1 Å². The standard InChI is InChI=1S/C19H18N4O2/c1-22-9-7-17(21-22)14-5-6-18-16(12-14)19(24)23(10-11-25-18)13-15-4-2-3-8-20-15/h2-9,12H,10-11,13H2,1H3. The molecule has 0 unspecified atom stereocenters. The maximum Gasteiger partial charge on any atom is 0.258 e. The van der Waals surface area contributed by atoms with Crippen LogP contribution >= 0.6 is 0 Å². The molecule has 0 atom stereocenters. The minimum Gasteiger partial charge on any atom is -0.491 e. The maximum atomic E-state index is 13.0. The fraction of sp³-hybridized carbons (Fsp3) is 0.211. The van der Waals surface area contributed by atoms with Crippen LogP contribution in [0.4, 0.5) is 0 Å². The van der Waals surface area contributed by atoms with Gasteiger partial charge in [-0.05, 0) is 36.4 Å². The van der Waals surface area contributed by atoms with Crippen molar-refractivity contribution in [2.45, 2.75) is 6.54 Å². The normalized spacial score (nSPS) is 14.0. The van der Waals surface area contributed by atoms with Crippen LogP contribution in [0.5, 0.6) is 5.75 Å². The van der Waals surface area contributed by atoms with Crippen molar-refractivity contribution in [1.82, 2.24) is 19.7 Å². The third-order valence-electron chi connectivity index (χ3n) is 4.20. The van der Waals surface area contributed by atoms with Crippen LogP contribution in [0, 0.1) is 0 Å². The number of hydrogen-bond donors (Lipinski definition) is 0. The molecule has 0 N–H and O–H groups in total. The Hall–Kier alpha value is -3.15. The summed E-state index contributed by atoms with van der Waals surface area (Å²) in [4.78, 5) is 19.1. The first-order valence-electron chi connectivity index (χ1n) is 8.17. The van der Waals surface area contributed by atoms with Gasteiger partial charge in [0.15, 0.2) is 0 Å². The Morgan fingerprint density at radius 1 is 1.20 bits per heavy atom. The van der Waals surface area contributed by atoms with E-state index >= 15 is 0 Å². The molecule has 0 bridgehead atoms. The summed E-state index contributed by atoms with van der Waals surface area (Å²) in [6.45, 7) is 1.47. The van der Waals surface area contributed by atoms with Crippen molar-refractivity contribution in [3.63, 3.8) is 0 Å². The average Bonchev–Trinajstić information content (AvgIpc) is 3.01. The summed E-state index contributed by atoms with van der Waals surface area (Å²) in [5, 5.41) is 4.41. The molecule has 1 aliphatic rings. The second-order valence-corrected chi connectivity index (χ2v) is 5.98. The lowest BCUT2D eigenvalue weighted by Crippen LogP contribution is -2.32. The van der Waals surface area contributed by atoms with E-state index in [0.29, 0.717) is 31.0 Å². The number of aromatic nitrogens is 3. The first-order chi connectivity index (χ1) is 12.2. The first kappa shape index (κ1) is 15.4. The lowest BCUT2D eigenvalue weighted by atomic mass is 10.1. The van der Waals surface area contributed by atoms with Gasteiger partial charge in [0.1, 0.15) is 12.4 Å².